The topological polar surface area (TPSA) is 59.3 Å². The van der Waals surface area contributed by atoms with E-state index in [0.717, 1.165) is 5.56 Å². The van der Waals surface area contributed by atoms with Crippen molar-refractivity contribution in [1.82, 2.24) is 0 Å². The van der Waals surface area contributed by atoms with Crippen LogP contribution < -0.4 is 4.74 Å². The number of rotatable bonds is 4. The van der Waals surface area contributed by atoms with Crippen LogP contribution in [0.25, 0.3) is 0 Å². The van der Waals surface area contributed by atoms with Gasteiger partial charge in [-0.3, -0.25) is 0 Å². The molecule has 100 valence electrons. The summed E-state index contributed by atoms with van der Waals surface area (Å²) >= 11 is 0. The summed E-state index contributed by atoms with van der Waals surface area (Å²) in [7, 11) is 1.48. The number of benzene rings is 2. The van der Waals surface area contributed by atoms with Gasteiger partial charge >= 0.3 is 5.97 Å². The van der Waals surface area contributed by atoms with Crippen LogP contribution in [-0.4, -0.2) is 13.1 Å². The van der Waals surface area contributed by atoms with Crippen molar-refractivity contribution in [2.24, 2.45) is 0 Å². The summed E-state index contributed by atoms with van der Waals surface area (Å²) in [6, 6.07) is 16.0. The van der Waals surface area contributed by atoms with Crippen molar-refractivity contribution in [3.63, 3.8) is 0 Å². The van der Waals surface area contributed by atoms with Crippen LogP contribution in [0, 0.1) is 11.3 Å². The number of hydrogen-bond acceptors (Lipinski definition) is 4. The molecule has 0 aliphatic heterocycles. The molecule has 0 atom stereocenters. The van der Waals surface area contributed by atoms with Gasteiger partial charge < -0.3 is 9.47 Å². The van der Waals surface area contributed by atoms with Crippen LogP contribution in [0.15, 0.2) is 48.5 Å². The summed E-state index contributed by atoms with van der Waals surface area (Å²) in [5.41, 5.74) is 1.57. The van der Waals surface area contributed by atoms with E-state index in [1.54, 1.807) is 12.1 Å². The minimum atomic E-state index is -0.482. The monoisotopic (exact) mass is 267 g/mol. The number of ether oxygens (including phenoxy) is 2. The largest absolute Gasteiger partial charge is 0.497 e. The molecule has 0 aliphatic rings. The normalized spacial score (nSPS) is 9.60. The summed E-state index contributed by atoms with van der Waals surface area (Å²) in [4.78, 5) is 12.0. The Morgan fingerprint density at radius 3 is 2.60 bits per heavy atom. The van der Waals surface area contributed by atoms with E-state index in [0.29, 0.717) is 16.9 Å². The molecule has 20 heavy (non-hydrogen) atoms. The highest BCUT2D eigenvalue weighted by atomic mass is 16.5. The molecule has 2 aromatic carbocycles. The maximum absolute atomic E-state index is 12.0. The highest BCUT2D eigenvalue weighted by Crippen LogP contribution is 2.17. The zero-order valence-corrected chi connectivity index (χ0v) is 11.0. The van der Waals surface area contributed by atoms with E-state index in [2.05, 4.69) is 0 Å². The highest BCUT2D eigenvalue weighted by Gasteiger charge is 2.11. The van der Waals surface area contributed by atoms with Crippen LogP contribution in [0.2, 0.25) is 0 Å². The lowest BCUT2D eigenvalue weighted by atomic mass is 10.1. The van der Waals surface area contributed by atoms with Gasteiger partial charge in [0.1, 0.15) is 12.4 Å². The van der Waals surface area contributed by atoms with Crippen molar-refractivity contribution in [2.45, 2.75) is 6.61 Å². The van der Waals surface area contributed by atoms with E-state index < -0.39 is 5.97 Å². The molecule has 0 N–H and O–H groups in total. The van der Waals surface area contributed by atoms with Crippen molar-refractivity contribution >= 4 is 5.97 Å². The molecule has 2 rings (SSSR count). The second-order valence-electron chi connectivity index (χ2n) is 4.12. The fourth-order valence-electron chi connectivity index (χ4n) is 1.71. The molecule has 0 bridgehead atoms. The van der Waals surface area contributed by atoms with Gasteiger partial charge in [-0.05, 0) is 23.8 Å². The van der Waals surface area contributed by atoms with E-state index in [4.69, 9.17) is 14.7 Å². The lowest BCUT2D eigenvalue weighted by Crippen LogP contribution is -2.06. The van der Waals surface area contributed by atoms with E-state index in [-0.39, 0.29) is 6.61 Å². The highest BCUT2D eigenvalue weighted by molar-refractivity contribution is 5.90. The predicted molar refractivity (Wildman–Crippen MR) is 73.3 cm³/mol. The molecule has 4 heteroatoms. The van der Waals surface area contributed by atoms with Gasteiger partial charge in [-0.25, -0.2) is 4.79 Å². The maximum Gasteiger partial charge on any atom is 0.338 e. The molecule has 0 fully saturated rings. The smallest absolute Gasteiger partial charge is 0.338 e. The molecule has 0 heterocycles. The maximum atomic E-state index is 12.0. The molecule has 0 aliphatic carbocycles. The molecule has 0 spiro atoms. The molecule has 0 radical (unpaired) electrons. The molecule has 0 unspecified atom stereocenters. The van der Waals surface area contributed by atoms with Crippen LogP contribution in [-0.2, 0) is 11.3 Å². The lowest BCUT2D eigenvalue weighted by molar-refractivity contribution is 0.0472. The van der Waals surface area contributed by atoms with Gasteiger partial charge in [-0.15, -0.1) is 0 Å². The van der Waals surface area contributed by atoms with Gasteiger partial charge in [0.05, 0.1) is 24.3 Å². The molecule has 2 aromatic rings. The van der Waals surface area contributed by atoms with Crippen LogP contribution in [0.4, 0.5) is 0 Å². The van der Waals surface area contributed by atoms with Crippen molar-refractivity contribution < 1.29 is 14.3 Å². The first-order valence-electron chi connectivity index (χ1n) is 6.03. The number of carbonyl (C=O) groups excluding carboxylic acids is 1. The third-order valence-electron chi connectivity index (χ3n) is 2.72. The first kappa shape index (κ1) is 13.6. The molecule has 0 amide bonds. The van der Waals surface area contributed by atoms with Gasteiger partial charge in [0.15, 0.2) is 0 Å². The zero-order valence-electron chi connectivity index (χ0n) is 11.0. The van der Waals surface area contributed by atoms with Gasteiger partial charge in [0.25, 0.3) is 0 Å². The van der Waals surface area contributed by atoms with Gasteiger partial charge in [-0.1, -0.05) is 30.3 Å². The molecule has 0 saturated carbocycles. The van der Waals surface area contributed by atoms with E-state index in [1.807, 2.05) is 36.4 Å². The molecule has 0 saturated heterocycles. The Kier molecular flexibility index (Phi) is 4.35. The van der Waals surface area contributed by atoms with Gasteiger partial charge in [0.2, 0.25) is 0 Å². The lowest BCUT2D eigenvalue weighted by Gasteiger charge is -2.07. The van der Waals surface area contributed by atoms with Crippen molar-refractivity contribution in [3.8, 4) is 11.8 Å². The second kappa shape index (κ2) is 6.39. The third-order valence-corrected chi connectivity index (χ3v) is 2.72. The molecule has 4 nitrogen and oxygen atoms in total. The van der Waals surface area contributed by atoms with Crippen molar-refractivity contribution in [2.75, 3.05) is 7.11 Å². The van der Waals surface area contributed by atoms with Gasteiger partial charge in [-0.2, -0.15) is 5.26 Å². The van der Waals surface area contributed by atoms with Crippen LogP contribution in [0.5, 0.6) is 5.75 Å². The van der Waals surface area contributed by atoms with E-state index in [9.17, 15) is 4.79 Å². The number of nitriles is 1. The average molecular weight is 267 g/mol. The van der Waals surface area contributed by atoms with Crippen LogP contribution >= 0.6 is 0 Å². The number of hydrogen-bond donors (Lipinski definition) is 0. The van der Waals surface area contributed by atoms with Gasteiger partial charge in [0, 0.05) is 0 Å². The number of nitrogens with zero attached hydrogens (tertiary/aromatic N) is 1. The minimum Gasteiger partial charge on any atom is -0.497 e. The standard InChI is InChI=1S/C16H13NO3/c1-19-15-8-13(10-17)7-14(9-15)16(18)20-11-12-5-3-2-4-6-12/h2-9H,11H2,1H3. The Hall–Kier alpha value is -2.80. The fourth-order valence-corrected chi connectivity index (χ4v) is 1.71. The second-order valence-corrected chi connectivity index (χ2v) is 4.12. The van der Waals surface area contributed by atoms with Crippen molar-refractivity contribution in [1.29, 1.82) is 5.26 Å². The van der Waals surface area contributed by atoms with E-state index >= 15 is 0 Å². The summed E-state index contributed by atoms with van der Waals surface area (Å²) in [5, 5.41) is 8.91. The fraction of sp³-hybridized carbons (Fsp3) is 0.125. The summed E-state index contributed by atoms with van der Waals surface area (Å²) in [6.45, 7) is 0.193. The Morgan fingerprint density at radius 2 is 1.95 bits per heavy atom. The number of carbonyl (C=O) groups is 1. The molecular weight excluding hydrogens is 254 g/mol. The first-order valence-corrected chi connectivity index (χ1v) is 6.03. The Balaban J connectivity index is 2.11. The quantitative estimate of drug-likeness (QED) is 0.799. The Labute approximate surface area is 117 Å². The number of methoxy groups -OCH3 is 1. The Morgan fingerprint density at radius 1 is 1.20 bits per heavy atom. The van der Waals surface area contributed by atoms with E-state index in [1.165, 1.54) is 13.2 Å². The summed E-state index contributed by atoms with van der Waals surface area (Å²) in [5.74, 6) is -0.0278. The van der Waals surface area contributed by atoms with Crippen LogP contribution in [0.3, 0.4) is 0 Å². The van der Waals surface area contributed by atoms with Crippen LogP contribution in [0.1, 0.15) is 21.5 Å². The molecule has 0 aromatic heterocycles. The predicted octanol–water partition coefficient (Wildman–Crippen LogP) is 2.92. The average Bonchev–Trinajstić information content (AvgIpc) is 2.52. The minimum absolute atomic E-state index is 0.193. The summed E-state index contributed by atoms with van der Waals surface area (Å²) in [6.07, 6.45) is 0. The summed E-state index contributed by atoms with van der Waals surface area (Å²) < 4.78 is 10.3. The molecular formula is C16H13NO3. The zero-order chi connectivity index (χ0) is 14.4. The first-order chi connectivity index (χ1) is 9.72. The van der Waals surface area contributed by atoms with Crippen molar-refractivity contribution in [3.05, 3.63) is 65.2 Å². The number of esters is 1. The third kappa shape index (κ3) is 3.36. The Bertz CT molecular complexity index is 645. The SMILES string of the molecule is COc1cc(C#N)cc(C(=O)OCc2ccccc2)c1.